The molecule has 1 aromatic rings. The summed E-state index contributed by atoms with van der Waals surface area (Å²) in [6.07, 6.45) is 7.56. The van der Waals surface area contributed by atoms with Crippen LogP contribution in [0.5, 0.6) is 0 Å². The van der Waals surface area contributed by atoms with E-state index in [1.807, 2.05) is 0 Å². The smallest absolute Gasteiger partial charge is 0.251 e. The number of nitrogens with one attached hydrogen (secondary N) is 3. The van der Waals surface area contributed by atoms with Crippen molar-refractivity contribution in [3.05, 3.63) is 35.4 Å². The first-order chi connectivity index (χ1) is 13.1. The molecular formula is C23H35N3O2. The molecular weight excluding hydrogens is 350 g/mol. The van der Waals surface area contributed by atoms with Gasteiger partial charge in [-0.3, -0.25) is 9.59 Å². The summed E-state index contributed by atoms with van der Waals surface area (Å²) in [5.74, 6) is -0.113. The lowest BCUT2D eigenvalue weighted by Gasteiger charge is -2.46. The molecule has 0 atom stereocenters. The van der Waals surface area contributed by atoms with Gasteiger partial charge in [0.2, 0.25) is 0 Å². The minimum absolute atomic E-state index is 0.0131. The predicted octanol–water partition coefficient (Wildman–Crippen LogP) is 3.79. The number of piperidine rings is 1. The van der Waals surface area contributed by atoms with Crippen LogP contribution >= 0.6 is 0 Å². The molecule has 1 saturated heterocycles. The highest BCUT2D eigenvalue weighted by molar-refractivity contribution is 5.98. The van der Waals surface area contributed by atoms with Gasteiger partial charge < -0.3 is 16.0 Å². The maximum atomic E-state index is 12.7. The second kappa shape index (κ2) is 8.24. The summed E-state index contributed by atoms with van der Waals surface area (Å²) in [7, 11) is 0. The molecule has 1 aliphatic heterocycles. The second-order valence-corrected chi connectivity index (χ2v) is 9.86. The molecule has 28 heavy (non-hydrogen) atoms. The van der Waals surface area contributed by atoms with Gasteiger partial charge in [-0.2, -0.15) is 0 Å². The van der Waals surface area contributed by atoms with Gasteiger partial charge in [0, 0.05) is 34.3 Å². The van der Waals surface area contributed by atoms with Crippen molar-refractivity contribution in [3.8, 4) is 0 Å². The van der Waals surface area contributed by atoms with Crippen LogP contribution in [0.1, 0.15) is 93.4 Å². The molecule has 5 heteroatoms. The Morgan fingerprint density at radius 1 is 0.786 bits per heavy atom. The standard InChI is InChI=1S/C23H35N3O2/c1-22(2)14-19(15-23(3,4)26-22)25-21(28)17-12-10-16(11-13-17)20(27)24-18-8-6-5-7-9-18/h10-13,18-19,26H,5-9,14-15H2,1-4H3,(H,24,27)(H,25,28). The van der Waals surface area contributed by atoms with E-state index in [0.717, 1.165) is 25.7 Å². The van der Waals surface area contributed by atoms with E-state index in [1.165, 1.54) is 19.3 Å². The van der Waals surface area contributed by atoms with Crippen LogP contribution in [0.2, 0.25) is 0 Å². The van der Waals surface area contributed by atoms with E-state index in [0.29, 0.717) is 11.1 Å². The number of hydrogen-bond acceptors (Lipinski definition) is 3. The van der Waals surface area contributed by atoms with E-state index in [9.17, 15) is 9.59 Å². The summed E-state index contributed by atoms with van der Waals surface area (Å²) in [6, 6.07) is 7.43. The third-order valence-electron chi connectivity index (χ3n) is 5.88. The molecule has 3 N–H and O–H groups in total. The number of carbonyl (C=O) groups excluding carboxylic acids is 2. The lowest BCUT2D eigenvalue weighted by atomic mass is 9.79. The van der Waals surface area contributed by atoms with Gasteiger partial charge in [0.1, 0.15) is 0 Å². The third-order valence-corrected chi connectivity index (χ3v) is 5.88. The molecule has 2 fully saturated rings. The third kappa shape index (κ3) is 5.57. The number of carbonyl (C=O) groups is 2. The Morgan fingerprint density at radius 2 is 1.21 bits per heavy atom. The van der Waals surface area contributed by atoms with Gasteiger partial charge >= 0.3 is 0 Å². The molecule has 0 spiro atoms. The van der Waals surface area contributed by atoms with Gasteiger partial charge in [-0.25, -0.2) is 0 Å². The Kier molecular flexibility index (Phi) is 6.13. The molecule has 1 heterocycles. The SMILES string of the molecule is CC1(C)CC(NC(=O)c2ccc(C(=O)NC3CCCCC3)cc2)CC(C)(C)N1. The first kappa shape index (κ1) is 20.8. The molecule has 1 saturated carbocycles. The molecule has 0 unspecified atom stereocenters. The van der Waals surface area contributed by atoms with Crippen LogP contribution in [0.25, 0.3) is 0 Å². The van der Waals surface area contributed by atoms with Crippen molar-refractivity contribution in [1.82, 2.24) is 16.0 Å². The summed E-state index contributed by atoms with van der Waals surface area (Å²) >= 11 is 0. The molecule has 3 rings (SSSR count). The first-order valence-electron chi connectivity index (χ1n) is 10.6. The fourth-order valence-corrected chi connectivity index (χ4v) is 4.98. The van der Waals surface area contributed by atoms with Crippen LogP contribution in [0.3, 0.4) is 0 Å². The topological polar surface area (TPSA) is 70.2 Å². The molecule has 154 valence electrons. The minimum Gasteiger partial charge on any atom is -0.349 e. The van der Waals surface area contributed by atoms with Crippen molar-refractivity contribution in [1.29, 1.82) is 0 Å². The van der Waals surface area contributed by atoms with Crippen LogP contribution in [-0.2, 0) is 0 Å². The average molecular weight is 386 g/mol. The van der Waals surface area contributed by atoms with E-state index < -0.39 is 0 Å². The fourth-order valence-electron chi connectivity index (χ4n) is 4.98. The van der Waals surface area contributed by atoms with Crippen LogP contribution in [0, 0.1) is 0 Å². The summed E-state index contributed by atoms with van der Waals surface area (Å²) in [4.78, 5) is 25.1. The van der Waals surface area contributed by atoms with Gasteiger partial charge in [0.05, 0.1) is 0 Å². The largest absolute Gasteiger partial charge is 0.349 e. The molecule has 2 aliphatic rings. The normalized spacial score (nSPS) is 22.4. The average Bonchev–Trinajstić information content (AvgIpc) is 2.60. The van der Waals surface area contributed by atoms with Crippen LogP contribution in [0.15, 0.2) is 24.3 Å². The molecule has 0 radical (unpaired) electrons. The highest BCUT2D eigenvalue weighted by Gasteiger charge is 2.38. The number of rotatable bonds is 4. The van der Waals surface area contributed by atoms with Crippen LogP contribution in [0.4, 0.5) is 0 Å². The predicted molar refractivity (Wildman–Crippen MR) is 113 cm³/mol. The van der Waals surface area contributed by atoms with Crippen molar-refractivity contribution in [2.45, 2.75) is 95.8 Å². The van der Waals surface area contributed by atoms with Gasteiger partial charge in [0.15, 0.2) is 0 Å². The lowest BCUT2D eigenvalue weighted by molar-refractivity contribution is 0.0870. The van der Waals surface area contributed by atoms with E-state index in [1.54, 1.807) is 24.3 Å². The quantitative estimate of drug-likeness (QED) is 0.738. The molecule has 1 aliphatic carbocycles. The summed E-state index contributed by atoms with van der Waals surface area (Å²) in [6.45, 7) is 8.69. The van der Waals surface area contributed by atoms with Crippen molar-refractivity contribution in [2.24, 2.45) is 0 Å². The summed E-state index contributed by atoms with van der Waals surface area (Å²) in [5, 5.41) is 9.93. The maximum absolute atomic E-state index is 12.7. The Bertz CT molecular complexity index is 687. The van der Waals surface area contributed by atoms with E-state index in [-0.39, 0.29) is 35.0 Å². The maximum Gasteiger partial charge on any atom is 0.251 e. The number of benzene rings is 1. The van der Waals surface area contributed by atoms with Crippen molar-refractivity contribution in [3.63, 3.8) is 0 Å². The number of hydrogen-bond donors (Lipinski definition) is 3. The van der Waals surface area contributed by atoms with Gasteiger partial charge in [0.25, 0.3) is 11.8 Å². The minimum atomic E-state index is -0.0715. The Labute approximate surface area is 169 Å². The molecule has 5 nitrogen and oxygen atoms in total. The zero-order chi connectivity index (χ0) is 20.4. The fraction of sp³-hybridized carbons (Fsp3) is 0.652. The molecule has 1 aromatic carbocycles. The Morgan fingerprint density at radius 3 is 1.68 bits per heavy atom. The summed E-state index contributed by atoms with van der Waals surface area (Å²) < 4.78 is 0. The molecule has 2 amide bonds. The van der Waals surface area contributed by atoms with E-state index >= 15 is 0 Å². The Hall–Kier alpha value is -1.88. The van der Waals surface area contributed by atoms with Crippen LogP contribution in [-0.4, -0.2) is 35.0 Å². The highest BCUT2D eigenvalue weighted by Crippen LogP contribution is 2.28. The van der Waals surface area contributed by atoms with E-state index in [4.69, 9.17) is 0 Å². The Balaban J connectivity index is 1.58. The van der Waals surface area contributed by atoms with E-state index in [2.05, 4.69) is 43.6 Å². The first-order valence-corrected chi connectivity index (χ1v) is 10.6. The van der Waals surface area contributed by atoms with Gasteiger partial charge in [-0.1, -0.05) is 19.3 Å². The highest BCUT2D eigenvalue weighted by atomic mass is 16.2. The zero-order valence-corrected chi connectivity index (χ0v) is 17.7. The zero-order valence-electron chi connectivity index (χ0n) is 17.7. The van der Waals surface area contributed by atoms with Crippen molar-refractivity contribution in [2.75, 3.05) is 0 Å². The molecule has 0 bridgehead atoms. The lowest BCUT2D eigenvalue weighted by Crippen LogP contribution is -2.62. The second-order valence-electron chi connectivity index (χ2n) is 9.86. The van der Waals surface area contributed by atoms with Gasteiger partial charge in [-0.15, -0.1) is 0 Å². The monoisotopic (exact) mass is 385 g/mol. The molecule has 0 aromatic heterocycles. The van der Waals surface area contributed by atoms with Crippen molar-refractivity contribution >= 4 is 11.8 Å². The summed E-state index contributed by atoms with van der Waals surface area (Å²) in [5.41, 5.74) is 1.19. The van der Waals surface area contributed by atoms with Crippen LogP contribution < -0.4 is 16.0 Å². The van der Waals surface area contributed by atoms with Crippen molar-refractivity contribution < 1.29 is 9.59 Å². The van der Waals surface area contributed by atoms with Gasteiger partial charge in [-0.05, 0) is 77.6 Å². The number of amides is 2.